The molecule has 8 heteroatoms. The Labute approximate surface area is 204 Å². The van der Waals surface area contributed by atoms with Crippen molar-refractivity contribution in [1.82, 2.24) is 9.78 Å². The normalized spacial score (nSPS) is 10.6. The Morgan fingerprint density at radius 1 is 0.571 bits per heavy atom. The van der Waals surface area contributed by atoms with Gasteiger partial charge in [-0.15, -0.1) is 0 Å². The van der Waals surface area contributed by atoms with E-state index in [9.17, 15) is 0 Å². The topological polar surface area (TPSA) is 73.2 Å². The zero-order chi connectivity index (χ0) is 24.9. The van der Waals surface area contributed by atoms with E-state index >= 15 is 0 Å². The maximum Gasteiger partial charge on any atom is 0.203 e. The molecule has 8 nitrogen and oxygen atoms in total. The summed E-state index contributed by atoms with van der Waals surface area (Å²) in [5.41, 5.74) is 4.11. The van der Waals surface area contributed by atoms with E-state index in [1.165, 1.54) is 0 Å². The number of rotatable bonds is 9. The number of benzene rings is 3. The SMILES string of the molecule is COc1cc(-c2cnn(-c3ccccc3)c2-c2ccc(OC)c(OC)c2OC)cc(OC)c1OC. The fraction of sp³-hybridized carbons (Fsp3) is 0.222. The van der Waals surface area contributed by atoms with Gasteiger partial charge in [-0.2, -0.15) is 5.10 Å². The summed E-state index contributed by atoms with van der Waals surface area (Å²) in [5.74, 6) is 3.18. The van der Waals surface area contributed by atoms with Crippen molar-refractivity contribution in [1.29, 1.82) is 0 Å². The summed E-state index contributed by atoms with van der Waals surface area (Å²) in [7, 11) is 9.53. The molecule has 0 aliphatic rings. The molecule has 0 bridgehead atoms. The van der Waals surface area contributed by atoms with E-state index in [1.807, 2.05) is 59.3 Å². The van der Waals surface area contributed by atoms with E-state index in [-0.39, 0.29) is 0 Å². The van der Waals surface area contributed by atoms with Gasteiger partial charge in [-0.05, 0) is 42.0 Å². The Hall–Kier alpha value is -4.33. The molecule has 0 unspecified atom stereocenters. The molecule has 0 aliphatic heterocycles. The second-order valence-electron chi connectivity index (χ2n) is 7.45. The van der Waals surface area contributed by atoms with Crippen LogP contribution in [-0.2, 0) is 0 Å². The van der Waals surface area contributed by atoms with Crippen LogP contribution in [0.4, 0.5) is 0 Å². The first-order valence-electron chi connectivity index (χ1n) is 10.8. The Kier molecular flexibility index (Phi) is 7.01. The predicted octanol–water partition coefficient (Wildman–Crippen LogP) is 5.26. The van der Waals surface area contributed by atoms with Crippen LogP contribution in [0.15, 0.2) is 60.8 Å². The van der Waals surface area contributed by atoms with Crippen molar-refractivity contribution in [3.8, 4) is 62.6 Å². The zero-order valence-electron chi connectivity index (χ0n) is 20.6. The van der Waals surface area contributed by atoms with Crippen molar-refractivity contribution >= 4 is 0 Å². The summed E-state index contributed by atoms with van der Waals surface area (Å²) < 4.78 is 35.5. The molecule has 0 saturated carbocycles. The van der Waals surface area contributed by atoms with Crippen LogP contribution in [0.2, 0.25) is 0 Å². The molecule has 182 valence electrons. The van der Waals surface area contributed by atoms with Gasteiger partial charge < -0.3 is 28.4 Å². The van der Waals surface area contributed by atoms with Crippen LogP contribution in [0.3, 0.4) is 0 Å². The summed E-state index contributed by atoms with van der Waals surface area (Å²) in [4.78, 5) is 0. The molecule has 1 aromatic heterocycles. The Morgan fingerprint density at radius 2 is 1.17 bits per heavy atom. The van der Waals surface area contributed by atoms with Crippen LogP contribution in [0, 0.1) is 0 Å². The van der Waals surface area contributed by atoms with Gasteiger partial charge >= 0.3 is 0 Å². The molecule has 3 aromatic carbocycles. The minimum Gasteiger partial charge on any atom is -0.493 e. The second-order valence-corrected chi connectivity index (χ2v) is 7.45. The highest BCUT2D eigenvalue weighted by molar-refractivity contribution is 5.88. The van der Waals surface area contributed by atoms with Gasteiger partial charge in [-0.25, -0.2) is 4.68 Å². The summed E-state index contributed by atoms with van der Waals surface area (Å²) in [5, 5.41) is 4.74. The molecule has 0 aliphatic carbocycles. The van der Waals surface area contributed by atoms with Crippen LogP contribution in [0.25, 0.3) is 28.1 Å². The average Bonchev–Trinajstić information content (AvgIpc) is 3.36. The molecule has 0 spiro atoms. The first-order valence-corrected chi connectivity index (χ1v) is 10.8. The molecule has 0 atom stereocenters. The Bertz CT molecular complexity index is 1290. The van der Waals surface area contributed by atoms with E-state index in [2.05, 4.69) is 0 Å². The lowest BCUT2D eigenvalue weighted by molar-refractivity contribution is 0.324. The van der Waals surface area contributed by atoms with Crippen LogP contribution in [0.1, 0.15) is 0 Å². The van der Waals surface area contributed by atoms with Crippen LogP contribution >= 0.6 is 0 Å². The highest BCUT2D eigenvalue weighted by Gasteiger charge is 2.25. The van der Waals surface area contributed by atoms with Crippen molar-refractivity contribution in [2.75, 3.05) is 42.7 Å². The van der Waals surface area contributed by atoms with Gasteiger partial charge in [0.05, 0.1) is 60.2 Å². The van der Waals surface area contributed by atoms with Gasteiger partial charge in [-0.1, -0.05) is 18.2 Å². The Balaban J connectivity index is 2.06. The molecule has 4 rings (SSSR count). The van der Waals surface area contributed by atoms with Crippen LogP contribution in [0.5, 0.6) is 34.5 Å². The monoisotopic (exact) mass is 476 g/mol. The first-order chi connectivity index (χ1) is 17.1. The maximum atomic E-state index is 5.83. The fourth-order valence-electron chi connectivity index (χ4n) is 4.11. The summed E-state index contributed by atoms with van der Waals surface area (Å²) in [6, 6.07) is 17.4. The summed E-state index contributed by atoms with van der Waals surface area (Å²) in [6.45, 7) is 0. The molecule has 0 saturated heterocycles. The highest BCUT2D eigenvalue weighted by atomic mass is 16.5. The van der Waals surface area contributed by atoms with E-state index < -0.39 is 0 Å². The number of nitrogens with zero attached hydrogens (tertiary/aromatic N) is 2. The van der Waals surface area contributed by atoms with Gasteiger partial charge in [-0.3, -0.25) is 0 Å². The van der Waals surface area contributed by atoms with E-state index in [0.717, 1.165) is 28.1 Å². The fourth-order valence-corrected chi connectivity index (χ4v) is 4.11. The van der Waals surface area contributed by atoms with Crippen LogP contribution < -0.4 is 28.4 Å². The average molecular weight is 477 g/mol. The van der Waals surface area contributed by atoms with Crippen molar-refractivity contribution < 1.29 is 28.4 Å². The molecular formula is C27H28N2O6. The van der Waals surface area contributed by atoms with Gasteiger partial charge in [0.25, 0.3) is 0 Å². The lowest BCUT2D eigenvalue weighted by atomic mass is 9.99. The summed E-state index contributed by atoms with van der Waals surface area (Å²) >= 11 is 0. The third kappa shape index (κ3) is 4.19. The standard InChI is InChI=1S/C27H28N2O6/c1-30-21-13-12-19(25(33-4)27(21)35-6)24-20(16-28-29(24)18-10-8-7-9-11-18)17-14-22(31-2)26(34-5)23(15-17)32-3/h7-16H,1-6H3. The van der Waals surface area contributed by atoms with Gasteiger partial charge in [0.2, 0.25) is 11.5 Å². The van der Waals surface area contributed by atoms with Crippen molar-refractivity contribution in [2.24, 2.45) is 0 Å². The van der Waals surface area contributed by atoms with Crippen LogP contribution in [-0.4, -0.2) is 52.4 Å². The third-order valence-electron chi connectivity index (χ3n) is 5.71. The molecular weight excluding hydrogens is 448 g/mol. The minimum absolute atomic E-state index is 0.490. The molecule has 0 N–H and O–H groups in total. The Morgan fingerprint density at radius 3 is 1.71 bits per heavy atom. The molecule has 0 fully saturated rings. The van der Waals surface area contributed by atoms with Gasteiger partial charge in [0, 0.05) is 11.1 Å². The number of aromatic nitrogens is 2. The van der Waals surface area contributed by atoms with E-state index in [0.29, 0.717) is 34.5 Å². The van der Waals surface area contributed by atoms with E-state index in [4.69, 9.17) is 33.5 Å². The van der Waals surface area contributed by atoms with Gasteiger partial charge in [0.15, 0.2) is 23.0 Å². The number of hydrogen-bond donors (Lipinski definition) is 0. The maximum absolute atomic E-state index is 5.83. The van der Waals surface area contributed by atoms with E-state index in [1.54, 1.807) is 48.9 Å². The van der Waals surface area contributed by atoms with Crippen molar-refractivity contribution in [3.63, 3.8) is 0 Å². The molecule has 0 amide bonds. The number of ether oxygens (including phenoxy) is 6. The quantitative estimate of drug-likeness (QED) is 0.326. The lowest BCUT2D eigenvalue weighted by Gasteiger charge is -2.18. The minimum atomic E-state index is 0.490. The van der Waals surface area contributed by atoms with Crippen molar-refractivity contribution in [2.45, 2.75) is 0 Å². The predicted molar refractivity (Wildman–Crippen MR) is 134 cm³/mol. The summed E-state index contributed by atoms with van der Waals surface area (Å²) in [6.07, 6.45) is 1.80. The van der Waals surface area contributed by atoms with Crippen molar-refractivity contribution in [3.05, 3.63) is 60.8 Å². The zero-order valence-corrected chi connectivity index (χ0v) is 20.6. The lowest BCUT2D eigenvalue weighted by Crippen LogP contribution is -2.03. The highest BCUT2D eigenvalue weighted by Crippen LogP contribution is 2.49. The molecule has 35 heavy (non-hydrogen) atoms. The largest absolute Gasteiger partial charge is 0.493 e. The molecule has 1 heterocycles. The third-order valence-corrected chi connectivity index (χ3v) is 5.71. The molecule has 4 aromatic rings. The van der Waals surface area contributed by atoms with Gasteiger partial charge in [0.1, 0.15) is 0 Å². The first kappa shape index (κ1) is 23.8. The second kappa shape index (κ2) is 10.3. The number of para-hydroxylation sites is 1. The number of methoxy groups -OCH3 is 6. The smallest absolute Gasteiger partial charge is 0.203 e. The molecule has 0 radical (unpaired) electrons. The number of hydrogen-bond acceptors (Lipinski definition) is 7.